The summed E-state index contributed by atoms with van der Waals surface area (Å²) < 4.78 is 1.90. The number of hydrogen-bond acceptors (Lipinski definition) is 6. The van der Waals surface area contributed by atoms with Crippen molar-refractivity contribution in [2.45, 2.75) is 31.5 Å². The lowest BCUT2D eigenvalue weighted by atomic mass is 10.3. The molecule has 0 bridgehead atoms. The van der Waals surface area contributed by atoms with Crippen LogP contribution in [0.3, 0.4) is 0 Å². The Bertz CT molecular complexity index is 572. The van der Waals surface area contributed by atoms with Gasteiger partial charge in [-0.25, -0.2) is 0 Å². The van der Waals surface area contributed by atoms with Gasteiger partial charge in [0.25, 0.3) is 0 Å². The van der Waals surface area contributed by atoms with E-state index in [0.717, 1.165) is 36.1 Å². The smallest absolute Gasteiger partial charge is 0.313 e. The Morgan fingerprint density at radius 3 is 2.90 bits per heavy atom. The maximum atomic E-state index is 10.7. The minimum Gasteiger partial charge on any atom is -0.481 e. The maximum absolute atomic E-state index is 10.7. The Hall–Kier alpha value is -1.96. The highest BCUT2D eigenvalue weighted by Crippen LogP contribution is 2.18. The molecule has 0 aliphatic rings. The van der Waals surface area contributed by atoms with Gasteiger partial charge in [0.1, 0.15) is 5.82 Å². The van der Waals surface area contributed by atoms with Crippen molar-refractivity contribution in [2.75, 3.05) is 5.75 Å². The SMILES string of the molecule is CCCc1nnc(SCC(=O)O)n1Cc1cccnn1. The molecule has 0 atom stereocenters. The number of aliphatic carboxylic acids is 1. The first-order chi connectivity index (χ1) is 9.70. The topological polar surface area (TPSA) is 93.8 Å². The molecular weight excluding hydrogens is 278 g/mol. The lowest BCUT2D eigenvalue weighted by Gasteiger charge is -2.08. The number of aromatic nitrogens is 5. The molecule has 8 heteroatoms. The van der Waals surface area contributed by atoms with Crippen LogP contribution in [-0.4, -0.2) is 41.8 Å². The molecule has 0 aliphatic heterocycles. The van der Waals surface area contributed by atoms with E-state index in [1.807, 2.05) is 16.7 Å². The monoisotopic (exact) mass is 293 g/mol. The highest BCUT2D eigenvalue weighted by atomic mass is 32.2. The van der Waals surface area contributed by atoms with Gasteiger partial charge in [-0.1, -0.05) is 18.7 Å². The van der Waals surface area contributed by atoms with Crippen molar-refractivity contribution in [3.63, 3.8) is 0 Å². The van der Waals surface area contributed by atoms with Gasteiger partial charge in [-0.15, -0.1) is 10.2 Å². The molecule has 0 fully saturated rings. The summed E-state index contributed by atoms with van der Waals surface area (Å²) >= 11 is 1.16. The standard InChI is InChI=1S/C12H15N5O2S/c1-2-4-10-15-16-12(20-8-11(18)19)17(10)7-9-5-3-6-13-14-9/h3,5-6H,2,4,7-8H2,1H3,(H,18,19). The number of carboxylic acid groups (broad SMARTS) is 1. The lowest BCUT2D eigenvalue weighted by molar-refractivity contribution is -0.133. The van der Waals surface area contributed by atoms with Crippen LogP contribution in [0.15, 0.2) is 23.5 Å². The normalized spacial score (nSPS) is 10.7. The lowest BCUT2D eigenvalue weighted by Crippen LogP contribution is -2.09. The molecule has 2 rings (SSSR count). The number of rotatable bonds is 7. The van der Waals surface area contributed by atoms with Gasteiger partial charge in [0.05, 0.1) is 18.0 Å². The summed E-state index contributed by atoms with van der Waals surface area (Å²) in [7, 11) is 0. The molecular formula is C12H15N5O2S. The molecule has 2 aromatic heterocycles. The van der Waals surface area contributed by atoms with E-state index in [2.05, 4.69) is 27.3 Å². The first kappa shape index (κ1) is 14.4. The van der Waals surface area contributed by atoms with Crippen molar-refractivity contribution in [2.24, 2.45) is 0 Å². The summed E-state index contributed by atoms with van der Waals surface area (Å²) in [6.07, 6.45) is 3.35. The third kappa shape index (κ3) is 3.77. The second-order valence-corrected chi connectivity index (χ2v) is 5.07. The van der Waals surface area contributed by atoms with E-state index in [1.54, 1.807) is 6.20 Å². The van der Waals surface area contributed by atoms with Crippen molar-refractivity contribution in [1.82, 2.24) is 25.0 Å². The number of thioether (sulfide) groups is 1. The molecule has 0 spiro atoms. The van der Waals surface area contributed by atoms with Crippen LogP contribution in [0.25, 0.3) is 0 Å². The van der Waals surface area contributed by atoms with Gasteiger partial charge in [-0.2, -0.15) is 10.2 Å². The predicted molar refractivity (Wildman–Crippen MR) is 73.5 cm³/mol. The van der Waals surface area contributed by atoms with Gasteiger partial charge in [0, 0.05) is 12.6 Å². The zero-order valence-electron chi connectivity index (χ0n) is 11.1. The molecule has 1 N–H and O–H groups in total. The second-order valence-electron chi connectivity index (χ2n) is 4.13. The van der Waals surface area contributed by atoms with Crippen LogP contribution in [0.2, 0.25) is 0 Å². The summed E-state index contributed by atoms with van der Waals surface area (Å²) in [6.45, 7) is 2.56. The molecule has 2 aromatic rings. The fourth-order valence-corrected chi connectivity index (χ4v) is 2.38. The highest BCUT2D eigenvalue weighted by Gasteiger charge is 2.14. The minimum atomic E-state index is -0.874. The van der Waals surface area contributed by atoms with E-state index in [0.29, 0.717) is 11.7 Å². The molecule has 0 saturated heterocycles. The highest BCUT2D eigenvalue weighted by molar-refractivity contribution is 7.99. The number of hydrogen-bond donors (Lipinski definition) is 1. The van der Waals surface area contributed by atoms with Crippen LogP contribution < -0.4 is 0 Å². The summed E-state index contributed by atoms with van der Waals surface area (Å²) in [6, 6.07) is 3.69. The molecule has 0 radical (unpaired) electrons. The third-order valence-electron chi connectivity index (χ3n) is 2.54. The summed E-state index contributed by atoms with van der Waals surface area (Å²) in [5, 5.41) is 25.4. The molecule has 0 aromatic carbocycles. The molecule has 0 amide bonds. The van der Waals surface area contributed by atoms with Crippen molar-refractivity contribution in [3.05, 3.63) is 29.8 Å². The fraction of sp³-hybridized carbons (Fsp3) is 0.417. The van der Waals surface area contributed by atoms with E-state index in [-0.39, 0.29) is 5.75 Å². The van der Waals surface area contributed by atoms with Crippen LogP contribution in [0.5, 0.6) is 0 Å². The number of carboxylic acids is 1. The van der Waals surface area contributed by atoms with E-state index >= 15 is 0 Å². The average molecular weight is 293 g/mol. The largest absolute Gasteiger partial charge is 0.481 e. The van der Waals surface area contributed by atoms with E-state index in [9.17, 15) is 4.79 Å². The van der Waals surface area contributed by atoms with Crippen LogP contribution in [0, 0.1) is 0 Å². The van der Waals surface area contributed by atoms with E-state index in [4.69, 9.17) is 5.11 Å². The van der Waals surface area contributed by atoms with Gasteiger partial charge < -0.3 is 5.11 Å². The molecule has 106 valence electrons. The molecule has 7 nitrogen and oxygen atoms in total. The predicted octanol–water partition coefficient (Wildman–Crippen LogP) is 1.25. The zero-order valence-corrected chi connectivity index (χ0v) is 11.9. The molecule has 20 heavy (non-hydrogen) atoms. The van der Waals surface area contributed by atoms with Crippen molar-refractivity contribution < 1.29 is 9.90 Å². The van der Waals surface area contributed by atoms with Crippen LogP contribution in [-0.2, 0) is 17.8 Å². The number of nitrogens with zero attached hydrogens (tertiary/aromatic N) is 5. The van der Waals surface area contributed by atoms with Crippen LogP contribution in [0.1, 0.15) is 24.9 Å². The number of carbonyl (C=O) groups is 1. The van der Waals surface area contributed by atoms with Crippen LogP contribution >= 0.6 is 11.8 Å². The van der Waals surface area contributed by atoms with Crippen molar-refractivity contribution in [3.8, 4) is 0 Å². The van der Waals surface area contributed by atoms with Gasteiger partial charge in [0.2, 0.25) is 0 Å². The Balaban J connectivity index is 2.22. The van der Waals surface area contributed by atoms with Gasteiger partial charge in [-0.3, -0.25) is 9.36 Å². The molecule has 0 aliphatic carbocycles. The van der Waals surface area contributed by atoms with Crippen LogP contribution in [0.4, 0.5) is 0 Å². The zero-order chi connectivity index (χ0) is 14.4. The van der Waals surface area contributed by atoms with Crippen molar-refractivity contribution >= 4 is 17.7 Å². The van der Waals surface area contributed by atoms with Gasteiger partial charge in [-0.05, 0) is 18.6 Å². The summed E-state index contributed by atoms with van der Waals surface area (Å²) in [4.78, 5) is 10.7. The van der Waals surface area contributed by atoms with E-state index in [1.165, 1.54) is 0 Å². The number of aryl methyl sites for hydroxylation is 1. The Morgan fingerprint density at radius 2 is 2.25 bits per heavy atom. The van der Waals surface area contributed by atoms with Crippen molar-refractivity contribution in [1.29, 1.82) is 0 Å². The quantitative estimate of drug-likeness (QED) is 0.768. The first-order valence-electron chi connectivity index (χ1n) is 6.24. The Morgan fingerprint density at radius 1 is 1.40 bits per heavy atom. The van der Waals surface area contributed by atoms with E-state index < -0.39 is 5.97 Å². The molecule has 0 unspecified atom stereocenters. The molecule has 0 saturated carbocycles. The average Bonchev–Trinajstić information content (AvgIpc) is 2.81. The Kier molecular flexibility index (Phi) is 5.05. The molecule has 2 heterocycles. The summed E-state index contributed by atoms with van der Waals surface area (Å²) in [5.41, 5.74) is 0.793. The van der Waals surface area contributed by atoms with Gasteiger partial charge in [0.15, 0.2) is 5.16 Å². The minimum absolute atomic E-state index is 0.0370. The Labute approximate surface area is 120 Å². The second kappa shape index (κ2) is 6.99. The third-order valence-corrected chi connectivity index (χ3v) is 3.49. The summed E-state index contributed by atoms with van der Waals surface area (Å²) in [5.74, 6) is -0.0720. The first-order valence-corrected chi connectivity index (χ1v) is 7.22. The van der Waals surface area contributed by atoms with Gasteiger partial charge >= 0.3 is 5.97 Å². The maximum Gasteiger partial charge on any atom is 0.313 e. The fourth-order valence-electron chi connectivity index (χ4n) is 1.70.